The maximum Gasteiger partial charge on any atom is 0.264 e. The molecular formula is C41H39N5O5. The van der Waals surface area contributed by atoms with Gasteiger partial charge in [0, 0.05) is 43.8 Å². The molecule has 51 heavy (non-hydrogen) atoms. The highest BCUT2D eigenvalue weighted by Crippen LogP contribution is 2.47. The molecule has 0 aromatic heterocycles. The van der Waals surface area contributed by atoms with Crippen molar-refractivity contribution in [3.63, 3.8) is 0 Å². The van der Waals surface area contributed by atoms with Crippen molar-refractivity contribution in [2.24, 2.45) is 16.1 Å². The van der Waals surface area contributed by atoms with Crippen LogP contribution >= 0.6 is 0 Å². The summed E-state index contributed by atoms with van der Waals surface area (Å²) in [6.45, 7) is 1.86. The second-order valence-corrected chi connectivity index (χ2v) is 13.0. The summed E-state index contributed by atoms with van der Waals surface area (Å²) in [5.41, 5.74) is 4.34. The summed E-state index contributed by atoms with van der Waals surface area (Å²) in [5.74, 6) is -1.42. The van der Waals surface area contributed by atoms with Gasteiger partial charge in [0.2, 0.25) is 11.8 Å². The number of hydrazone groups is 2. The van der Waals surface area contributed by atoms with E-state index in [0.29, 0.717) is 48.3 Å². The zero-order chi connectivity index (χ0) is 35.5. The van der Waals surface area contributed by atoms with Gasteiger partial charge in [-0.2, -0.15) is 10.2 Å². The second kappa shape index (κ2) is 14.3. The molecule has 0 aliphatic carbocycles. The molecule has 2 atom stereocenters. The van der Waals surface area contributed by atoms with E-state index < -0.39 is 17.4 Å². The molecule has 2 N–H and O–H groups in total. The van der Waals surface area contributed by atoms with Crippen LogP contribution in [0.3, 0.4) is 0 Å². The highest BCUT2D eigenvalue weighted by Gasteiger charge is 2.53. The molecule has 10 heteroatoms. The molecule has 258 valence electrons. The number of carbonyl (C=O) groups is 3. The number of fused-ring (bicyclic) bond motifs is 1. The van der Waals surface area contributed by atoms with E-state index in [1.165, 1.54) is 10.0 Å². The van der Waals surface area contributed by atoms with Gasteiger partial charge in [0.05, 0.1) is 35.0 Å². The predicted molar refractivity (Wildman–Crippen MR) is 197 cm³/mol. The highest BCUT2D eigenvalue weighted by atomic mass is 16.3. The molecule has 0 bridgehead atoms. The van der Waals surface area contributed by atoms with Gasteiger partial charge in [-0.3, -0.25) is 14.4 Å². The van der Waals surface area contributed by atoms with Crippen LogP contribution in [0, 0.1) is 5.92 Å². The van der Waals surface area contributed by atoms with Crippen molar-refractivity contribution in [1.29, 1.82) is 0 Å². The maximum atomic E-state index is 14.3. The Hall–Kier alpha value is -5.71. The van der Waals surface area contributed by atoms with Gasteiger partial charge in [0.1, 0.15) is 0 Å². The first-order chi connectivity index (χ1) is 24.8. The molecule has 0 spiro atoms. The van der Waals surface area contributed by atoms with Gasteiger partial charge in [-0.1, -0.05) is 91.9 Å². The molecule has 4 aromatic rings. The Morgan fingerprint density at radius 1 is 0.745 bits per heavy atom. The van der Waals surface area contributed by atoms with Crippen LogP contribution in [0.1, 0.15) is 61.3 Å². The second-order valence-electron chi connectivity index (χ2n) is 13.0. The fourth-order valence-electron chi connectivity index (χ4n) is 6.85. The van der Waals surface area contributed by atoms with E-state index >= 15 is 0 Å². The number of rotatable bonds is 10. The van der Waals surface area contributed by atoms with E-state index in [4.69, 9.17) is 5.10 Å². The van der Waals surface area contributed by atoms with E-state index in [1.54, 1.807) is 42.2 Å². The number of carbonyl (C=O) groups excluding carboxylic acids is 3. The first kappa shape index (κ1) is 33.8. The van der Waals surface area contributed by atoms with Crippen LogP contribution in [0.25, 0.3) is 0 Å². The Bertz CT molecular complexity index is 2040. The van der Waals surface area contributed by atoms with Crippen molar-refractivity contribution >= 4 is 46.2 Å². The molecule has 3 amide bonds. The lowest BCUT2D eigenvalue weighted by Crippen LogP contribution is -2.44. The largest absolute Gasteiger partial charge is 0.396 e. The van der Waals surface area contributed by atoms with Crippen LogP contribution in [0.2, 0.25) is 0 Å². The van der Waals surface area contributed by atoms with E-state index in [1.807, 2.05) is 84.9 Å². The first-order valence-electron chi connectivity index (χ1n) is 17.2. The third-order valence-corrected chi connectivity index (χ3v) is 9.68. The fourth-order valence-corrected chi connectivity index (χ4v) is 6.85. The number of aliphatic hydroxyl groups excluding tert-OH is 1. The Morgan fingerprint density at radius 2 is 1.29 bits per heavy atom. The standard InChI is InChI=1S/C41H39N5O5/c1-28(10-8-9-25-47)41(51)34-26-33(46-39(49)24-21-36(43-46)31-13-6-3-7-14-31)19-22-37(34)44(40(41)50)27-29-15-17-32(18-16-29)45-38(48)23-20-35(42-45)30-11-4-2-5-12-30/h2-8,10-19,22,26,28,47,51H,9,20-21,23-25,27H2,1H3/b10-8+/t28-,41+/m1/s1. The molecule has 0 unspecified atom stereocenters. The van der Waals surface area contributed by atoms with Crippen molar-refractivity contribution < 1.29 is 24.6 Å². The van der Waals surface area contributed by atoms with Crippen LogP contribution in [0.15, 0.2) is 125 Å². The number of hydrogen-bond acceptors (Lipinski definition) is 7. The zero-order valence-electron chi connectivity index (χ0n) is 28.4. The van der Waals surface area contributed by atoms with Gasteiger partial charge in [0.15, 0.2) is 5.60 Å². The number of hydrogen-bond donors (Lipinski definition) is 2. The van der Waals surface area contributed by atoms with E-state index in [0.717, 1.165) is 28.1 Å². The highest BCUT2D eigenvalue weighted by molar-refractivity contribution is 6.11. The minimum absolute atomic E-state index is 0.0564. The van der Waals surface area contributed by atoms with Gasteiger partial charge in [0.25, 0.3) is 5.91 Å². The summed E-state index contributed by atoms with van der Waals surface area (Å²) in [7, 11) is 0. The number of anilines is 3. The smallest absolute Gasteiger partial charge is 0.264 e. The predicted octanol–water partition coefficient (Wildman–Crippen LogP) is 6.06. The molecular weight excluding hydrogens is 642 g/mol. The fraction of sp³-hybridized carbons (Fsp3) is 0.244. The van der Waals surface area contributed by atoms with Crippen LogP contribution in [0.4, 0.5) is 17.1 Å². The van der Waals surface area contributed by atoms with E-state index in [9.17, 15) is 24.6 Å². The van der Waals surface area contributed by atoms with Crippen LogP contribution in [-0.2, 0) is 26.5 Å². The molecule has 4 aromatic carbocycles. The van der Waals surface area contributed by atoms with Crippen molar-refractivity contribution in [1.82, 2.24) is 0 Å². The molecule has 0 fully saturated rings. The van der Waals surface area contributed by atoms with Gasteiger partial charge in [-0.25, -0.2) is 10.0 Å². The van der Waals surface area contributed by atoms with Gasteiger partial charge in [-0.15, -0.1) is 0 Å². The van der Waals surface area contributed by atoms with Gasteiger partial charge < -0.3 is 15.1 Å². The molecule has 3 heterocycles. The third kappa shape index (κ3) is 6.51. The molecule has 7 rings (SSSR count). The Morgan fingerprint density at radius 3 is 1.86 bits per heavy atom. The number of nitrogens with zero attached hydrogens (tertiary/aromatic N) is 5. The molecule has 0 saturated carbocycles. The van der Waals surface area contributed by atoms with Crippen molar-refractivity contribution in [2.75, 3.05) is 21.5 Å². The van der Waals surface area contributed by atoms with Crippen molar-refractivity contribution in [2.45, 2.75) is 51.2 Å². The summed E-state index contributed by atoms with van der Waals surface area (Å²) >= 11 is 0. The zero-order valence-corrected chi connectivity index (χ0v) is 28.4. The van der Waals surface area contributed by atoms with Gasteiger partial charge >= 0.3 is 0 Å². The molecule has 3 aliphatic rings. The van der Waals surface area contributed by atoms with E-state index in [-0.39, 0.29) is 31.4 Å². The normalized spacial score (nSPS) is 19.7. The first-order valence-corrected chi connectivity index (χ1v) is 17.2. The van der Waals surface area contributed by atoms with Crippen LogP contribution in [-0.4, -0.2) is 46.0 Å². The summed E-state index contributed by atoms with van der Waals surface area (Å²) < 4.78 is 0. The lowest BCUT2D eigenvalue weighted by Gasteiger charge is -2.28. The lowest BCUT2D eigenvalue weighted by molar-refractivity contribution is -0.139. The van der Waals surface area contributed by atoms with E-state index in [2.05, 4.69) is 5.10 Å². The van der Waals surface area contributed by atoms with Gasteiger partial charge in [-0.05, 0) is 53.4 Å². The third-order valence-electron chi connectivity index (χ3n) is 9.68. The van der Waals surface area contributed by atoms with Crippen LogP contribution in [0.5, 0.6) is 0 Å². The summed E-state index contributed by atoms with van der Waals surface area (Å²) in [6, 6.07) is 32.0. The molecule has 3 aliphatic heterocycles. The molecule has 10 nitrogen and oxygen atoms in total. The quantitative estimate of drug-likeness (QED) is 0.197. The maximum absolute atomic E-state index is 14.3. The Labute approximate surface area is 296 Å². The lowest BCUT2D eigenvalue weighted by atomic mass is 9.82. The monoisotopic (exact) mass is 681 g/mol. The minimum atomic E-state index is -1.94. The Kier molecular flexibility index (Phi) is 9.44. The Balaban J connectivity index is 1.20. The van der Waals surface area contributed by atoms with Crippen molar-refractivity contribution in [3.05, 3.63) is 138 Å². The average Bonchev–Trinajstić information content (AvgIpc) is 3.38. The number of benzene rings is 4. The SMILES string of the molecule is C[C@H](/C=C/CCO)[C@@]1(O)C(=O)N(Cc2ccc(N3N=C(c4ccccc4)CCC3=O)cc2)c2ccc(N3N=C(c4ccccc4)CCC3=O)cc21. The number of amides is 3. The number of aliphatic hydroxyl groups is 2. The molecule has 0 radical (unpaired) electrons. The minimum Gasteiger partial charge on any atom is -0.396 e. The summed E-state index contributed by atoms with van der Waals surface area (Å²) in [6.07, 6.45) is 5.57. The summed E-state index contributed by atoms with van der Waals surface area (Å²) in [4.78, 5) is 41.9. The van der Waals surface area contributed by atoms with Crippen molar-refractivity contribution in [3.8, 4) is 0 Å². The molecule has 0 saturated heterocycles. The topological polar surface area (TPSA) is 126 Å². The average molecular weight is 682 g/mol. The summed E-state index contributed by atoms with van der Waals surface area (Å²) in [5, 5.41) is 33.8. The van der Waals surface area contributed by atoms with Crippen LogP contribution < -0.4 is 14.9 Å².